The fraction of sp³-hybridized carbons (Fsp3) is 0.600. The number of aliphatic hydroxyl groups excluding tert-OH is 1. The van der Waals surface area contributed by atoms with Gasteiger partial charge in [-0.05, 0) is 6.92 Å². The second kappa shape index (κ2) is 7.65. The van der Waals surface area contributed by atoms with Crippen molar-refractivity contribution < 1.29 is 9.90 Å². The van der Waals surface area contributed by atoms with Crippen molar-refractivity contribution in [1.82, 2.24) is 10.3 Å². The van der Waals surface area contributed by atoms with E-state index in [4.69, 9.17) is 5.11 Å². The molecule has 0 aliphatic rings. The van der Waals surface area contributed by atoms with Crippen LogP contribution >= 0.6 is 23.1 Å². The normalized spacial score (nSPS) is 10.4. The molecular formula is C10H16N2O2S2. The molecule has 90 valence electrons. The molecule has 0 fully saturated rings. The topological polar surface area (TPSA) is 62.2 Å². The van der Waals surface area contributed by atoms with Crippen molar-refractivity contribution in [3.8, 4) is 0 Å². The lowest BCUT2D eigenvalue weighted by Crippen LogP contribution is -2.26. The lowest BCUT2D eigenvalue weighted by molar-refractivity contribution is -0.120. The molecule has 4 nitrogen and oxygen atoms in total. The Kier molecular flexibility index (Phi) is 6.44. The van der Waals surface area contributed by atoms with Crippen LogP contribution in [0, 0.1) is 6.92 Å². The molecule has 0 aromatic carbocycles. The highest BCUT2D eigenvalue weighted by atomic mass is 32.2. The highest BCUT2D eigenvalue weighted by Gasteiger charge is 2.02. The maximum Gasteiger partial charge on any atom is 0.220 e. The van der Waals surface area contributed by atoms with E-state index in [1.165, 1.54) is 0 Å². The Morgan fingerprint density at radius 2 is 2.50 bits per heavy atom. The second-order valence-electron chi connectivity index (χ2n) is 3.23. The summed E-state index contributed by atoms with van der Waals surface area (Å²) in [6.07, 6.45) is 0.494. The third-order valence-electron chi connectivity index (χ3n) is 1.82. The van der Waals surface area contributed by atoms with Gasteiger partial charge in [-0.1, -0.05) is 0 Å². The van der Waals surface area contributed by atoms with Gasteiger partial charge in [0.2, 0.25) is 5.91 Å². The van der Waals surface area contributed by atoms with Gasteiger partial charge < -0.3 is 10.4 Å². The Labute approximate surface area is 103 Å². The van der Waals surface area contributed by atoms with Gasteiger partial charge >= 0.3 is 0 Å². The molecule has 1 aromatic rings. The fourth-order valence-corrected chi connectivity index (χ4v) is 2.65. The number of thiazole rings is 1. The zero-order chi connectivity index (χ0) is 11.8. The van der Waals surface area contributed by atoms with E-state index in [1.807, 2.05) is 12.3 Å². The Bertz CT molecular complexity index is 328. The zero-order valence-corrected chi connectivity index (χ0v) is 10.9. The molecule has 16 heavy (non-hydrogen) atoms. The molecule has 1 amide bonds. The van der Waals surface area contributed by atoms with E-state index in [-0.39, 0.29) is 12.5 Å². The molecule has 0 spiro atoms. The van der Waals surface area contributed by atoms with Crippen LogP contribution in [0.5, 0.6) is 0 Å². The monoisotopic (exact) mass is 260 g/mol. The van der Waals surface area contributed by atoms with Gasteiger partial charge in [-0.25, -0.2) is 4.98 Å². The summed E-state index contributed by atoms with van der Waals surface area (Å²) in [6.45, 7) is 2.33. The number of carbonyl (C=O) groups excluding carboxylic acids is 1. The predicted octanol–water partition coefficient (Wildman–Crippen LogP) is 1.18. The fourth-order valence-electron chi connectivity index (χ4n) is 1.10. The predicted molar refractivity (Wildman–Crippen MR) is 67.7 cm³/mol. The Morgan fingerprint density at radius 3 is 3.12 bits per heavy atom. The Morgan fingerprint density at radius 1 is 1.69 bits per heavy atom. The summed E-state index contributed by atoms with van der Waals surface area (Å²) < 4.78 is 0. The number of amides is 1. The smallest absolute Gasteiger partial charge is 0.220 e. The van der Waals surface area contributed by atoms with Gasteiger partial charge in [0.05, 0.1) is 17.3 Å². The van der Waals surface area contributed by atoms with E-state index >= 15 is 0 Å². The van der Waals surface area contributed by atoms with Crippen molar-refractivity contribution in [3.05, 3.63) is 16.1 Å². The van der Waals surface area contributed by atoms with Crippen LogP contribution in [0.3, 0.4) is 0 Å². The highest BCUT2D eigenvalue weighted by Crippen LogP contribution is 2.15. The van der Waals surface area contributed by atoms with Gasteiger partial charge in [0, 0.05) is 29.9 Å². The van der Waals surface area contributed by atoms with Crippen LogP contribution in [0.25, 0.3) is 0 Å². The molecule has 2 N–H and O–H groups in total. The number of hydrogen-bond acceptors (Lipinski definition) is 5. The summed E-state index contributed by atoms with van der Waals surface area (Å²) >= 11 is 3.35. The van der Waals surface area contributed by atoms with E-state index < -0.39 is 0 Å². The first kappa shape index (κ1) is 13.5. The minimum Gasteiger partial charge on any atom is -0.395 e. The van der Waals surface area contributed by atoms with Crippen LogP contribution in [-0.4, -0.2) is 34.9 Å². The number of nitrogens with zero attached hydrogens (tertiary/aromatic N) is 1. The molecule has 1 heterocycles. The Hall–Kier alpha value is -0.590. The lowest BCUT2D eigenvalue weighted by Gasteiger charge is -2.02. The highest BCUT2D eigenvalue weighted by molar-refractivity contribution is 7.98. The van der Waals surface area contributed by atoms with Crippen molar-refractivity contribution in [3.63, 3.8) is 0 Å². The molecule has 0 saturated heterocycles. The first-order chi connectivity index (χ1) is 7.72. The van der Waals surface area contributed by atoms with E-state index in [1.54, 1.807) is 23.1 Å². The molecule has 0 atom stereocenters. The van der Waals surface area contributed by atoms with E-state index in [0.29, 0.717) is 13.0 Å². The van der Waals surface area contributed by atoms with Gasteiger partial charge in [0.25, 0.3) is 0 Å². The average molecular weight is 260 g/mol. The number of carbonyl (C=O) groups is 1. The van der Waals surface area contributed by atoms with Gasteiger partial charge in [0.15, 0.2) is 0 Å². The molecule has 6 heteroatoms. The summed E-state index contributed by atoms with van der Waals surface area (Å²) in [5, 5.41) is 14.3. The van der Waals surface area contributed by atoms with Crippen molar-refractivity contribution in [2.75, 3.05) is 18.9 Å². The zero-order valence-electron chi connectivity index (χ0n) is 9.23. The number of aliphatic hydroxyl groups is 1. The molecule has 0 aliphatic carbocycles. The minimum absolute atomic E-state index is 0.00299. The summed E-state index contributed by atoms with van der Waals surface area (Å²) in [5.41, 5.74) is 1.09. The second-order valence-corrected chi connectivity index (χ2v) is 5.40. The van der Waals surface area contributed by atoms with Gasteiger partial charge in [0.1, 0.15) is 0 Å². The maximum absolute atomic E-state index is 11.2. The van der Waals surface area contributed by atoms with Crippen molar-refractivity contribution in [2.24, 2.45) is 0 Å². The SMILES string of the molecule is Cc1nc(CSCCC(=O)NCCO)cs1. The van der Waals surface area contributed by atoms with Crippen LogP contribution in [-0.2, 0) is 10.5 Å². The molecule has 0 bridgehead atoms. The quantitative estimate of drug-likeness (QED) is 0.723. The number of rotatable bonds is 7. The largest absolute Gasteiger partial charge is 0.395 e. The van der Waals surface area contributed by atoms with Crippen LogP contribution < -0.4 is 5.32 Å². The molecule has 1 aromatic heterocycles. The first-order valence-corrected chi connectivity index (χ1v) is 7.12. The standard InChI is InChI=1S/C10H16N2O2S2/c1-8-12-9(7-16-8)6-15-5-2-10(14)11-3-4-13/h7,13H,2-6H2,1H3,(H,11,14). The average Bonchev–Trinajstić information content (AvgIpc) is 2.67. The van der Waals surface area contributed by atoms with Crippen molar-refractivity contribution in [2.45, 2.75) is 19.1 Å². The number of nitrogens with one attached hydrogen (secondary N) is 1. The minimum atomic E-state index is -0.00370. The molecule has 0 aliphatic heterocycles. The summed E-state index contributed by atoms with van der Waals surface area (Å²) in [7, 11) is 0. The molecule has 0 unspecified atom stereocenters. The van der Waals surface area contributed by atoms with Crippen LogP contribution in [0.2, 0.25) is 0 Å². The summed E-state index contributed by atoms with van der Waals surface area (Å²) in [4.78, 5) is 15.5. The summed E-state index contributed by atoms with van der Waals surface area (Å²) in [6, 6.07) is 0. The van der Waals surface area contributed by atoms with Crippen LogP contribution in [0.15, 0.2) is 5.38 Å². The van der Waals surface area contributed by atoms with E-state index in [2.05, 4.69) is 10.3 Å². The molecule has 0 radical (unpaired) electrons. The Balaban J connectivity index is 2.05. The number of aryl methyl sites for hydroxylation is 1. The van der Waals surface area contributed by atoms with Crippen LogP contribution in [0.1, 0.15) is 17.1 Å². The summed E-state index contributed by atoms with van der Waals surface area (Å²) in [5.74, 6) is 1.64. The van der Waals surface area contributed by atoms with Crippen LogP contribution in [0.4, 0.5) is 0 Å². The van der Waals surface area contributed by atoms with E-state index in [0.717, 1.165) is 22.2 Å². The lowest BCUT2D eigenvalue weighted by atomic mass is 10.4. The third kappa shape index (κ3) is 5.48. The number of hydrogen-bond donors (Lipinski definition) is 2. The van der Waals surface area contributed by atoms with Gasteiger partial charge in [-0.2, -0.15) is 11.8 Å². The van der Waals surface area contributed by atoms with Gasteiger partial charge in [-0.3, -0.25) is 4.79 Å². The molecule has 1 rings (SSSR count). The number of aromatic nitrogens is 1. The molecule has 0 saturated carbocycles. The number of thioether (sulfide) groups is 1. The van der Waals surface area contributed by atoms with E-state index in [9.17, 15) is 4.79 Å². The molecular weight excluding hydrogens is 244 g/mol. The first-order valence-electron chi connectivity index (χ1n) is 5.08. The van der Waals surface area contributed by atoms with Crippen molar-refractivity contribution in [1.29, 1.82) is 0 Å². The van der Waals surface area contributed by atoms with Crippen molar-refractivity contribution >= 4 is 29.0 Å². The van der Waals surface area contributed by atoms with Gasteiger partial charge in [-0.15, -0.1) is 11.3 Å². The maximum atomic E-state index is 11.2. The third-order valence-corrected chi connectivity index (χ3v) is 3.64.